The highest BCUT2D eigenvalue weighted by atomic mass is 28.2. The van der Waals surface area contributed by atoms with Crippen molar-refractivity contribution in [3.8, 4) is 0 Å². The molecule has 1 unspecified atom stereocenters. The Kier molecular flexibility index (Phi) is 7.21. The predicted octanol–water partition coefficient (Wildman–Crippen LogP) is 0.345. The summed E-state index contributed by atoms with van der Waals surface area (Å²) in [5.74, 6) is 0.0887. The van der Waals surface area contributed by atoms with E-state index in [9.17, 15) is 0 Å². The van der Waals surface area contributed by atoms with Gasteiger partial charge < -0.3 is 18.9 Å². The van der Waals surface area contributed by atoms with Crippen molar-refractivity contribution in [2.24, 2.45) is 0 Å². The smallest absolute Gasteiger partial charge is 0.134 e. The summed E-state index contributed by atoms with van der Waals surface area (Å²) in [4.78, 5) is 0. The van der Waals surface area contributed by atoms with Crippen molar-refractivity contribution >= 4 is 9.52 Å². The number of hydrogen-bond donors (Lipinski definition) is 0. The van der Waals surface area contributed by atoms with Gasteiger partial charge in [0.25, 0.3) is 0 Å². The maximum absolute atomic E-state index is 5.45. The second kappa shape index (κ2) is 8.24. The van der Waals surface area contributed by atoms with Gasteiger partial charge in [-0.2, -0.15) is 0 Å². The highest BCUT2D eigenvalue weighted by Gasteiger charge is 2.21. The minimum atomic E-state index is -0.237. The first-order chi connectivity index (χ1) is 7.36. The van der Waals surface area contributed by atoms with Crippen molar-refractivity contribution in [3.63, 3.8) is 0 Å². The van der Waals surface area contributed by atoms with E-state index in [4.69, 9.17) is 18.9 Å². The second-order valence-corrected chi connectivity index (χ2v) is 5.73. The van der Waals surface area contributed by atoms with Crippen LogP contribution in [0.5, 0.6) is 0 Å². The van der Waals surface area contributed by atoms with Crippen molar-refractivity contribution in [3.05, 3.63) is 0 Å². The molecule has 1 heterocycles. The Labute approximate surface area is 94.0 Å². The van der Waals surface area contributed by atoms with Crippen LogP contribution in [0.3, 0.4) is 0 Å². The Morgan fingerprint density at radius 1 is 1.33 bits per heavy atom. The maximum Gasteiger partial charge on any atom is 0.134 e. The molecule has 0 spiro atoms. The van der Waals surface area contributed by atoms with Crippen LogP contribution >= 0.6 is 0 Å². The van der Waals surface area contributed by atoms with Crippen molar-refractivity contribution in [1.82, 2.24) is 0 Å². The van der Waals surface area contributed by atoms with Gasteiger partial charge in [0.05, 0.1) is 22.7 Å². The largest absolute Gasteiger partial charge is 0.379 e. The average molecular weight is 234 g/mol. The number of hydrogen-bond acceptors (Lipinski definition) is 4. The lowest BCUT2D eigenvalue weighted by Crippen LogP contribution is -2.21. The molecule has 0 aromatic carbocycles. The van der Waals surface area contributed by atoms with Crippen LogP contribution in [0, 0.1) is 0 Å². The van der Waals surface area contributed by atoms with Gasteiger partial charge in [-0.15, -0.1) is 0 Å². The van der Waals surface area contributed by atoms with Gasteiger partial charge in [-0.05, 0) is 6.42 Å². The van der Waals surface area contributed by atoms with E-state index in [1.807, 2.05) is 0 Å². The molecule has 0 aliphatic carbocycles. The molecular formula is C10H22O4Si. The van der Waals surface area contributed by atoms with Crippen LogP contribution in [-0.4, -0.2) is 55.6 Å². The van der Waals surface area contributed by atoms with E-state index in [0.29, 0.717) is 6.10 Å². The molecular weight excluding hydrogens is 212 g/mol. The molecule has 15 heavy (non-hydrogen) atoms. The summed E-state index contributed by atoms with van der Waals surface area (Å²) >= 11 is 0. The lowest BCUT2D eigenvalue weighted by atomic mass is 10.3. The van der Waals surface area contributed by atoms with Crippen molar-refractivity contribution in [2.75, 3.05) is 34.0 Å². The van der Waals surface area contributed by atoms with Crippen LogP contribution < -0.4 is 0 Å². The first-order valence-electron chi connectivity index (χ1n) is 5.61. The van der Waals surface area contributed by atoms with E-state index in [0.717, 1.165) is 26.2 Å². The van der Waals surface area contributed by atoms with E-state index in [1.165, 1.54) is 12.5 Å². The molecule has 0 aromatic heterocycles. The van der Waals surface area contributed by atoms with Crippen molar-refractivity contribution in [2.45, 2.75) is 30.9 Å². The van der Waals surface area contributed by atoms with Crippen molar-refractivity contribution < 1.29 is 18.9 Å². The summed E-state index contributed by atoms with van der Waals surface area (Å²) < 4.78 is 20.8. The number of ether oxygens (including phenoxy) is 4. The highest BCUT2D eigenvalue weighted by molar-refractivity contribution is 6.36. The summed E-state index contributed by atoms with van der Waals surface area (Å²) in [6, 6.07) is 1.26. The number of epoxide rings is 1. The molecule has 4 nitrogen and oxygen atoms in total. The summed E-state index contributed by atoms with van der Waals surface area (Å²) in [5.41, 5.74) is 0. The van der Waals surface area contributed by atoms with Gasteiger partial charge in [0, 0.05) is 20.8 Å². The average Bonchev–Trinajstić information content (AvgIpc) is 3.06. The van der Waals surface area contributed by atoms with E-state index in [1.54, 1.807) is 14.2 Å². The summed E-state index contributed by atoms with van der Waals surface area (Å²) in [6.07, 6.45) is 2.76. The molecule has 1 saturated heterocycles. The molecule has 0 radical (unpaired) electrons. The van der Waals surface area contributed by atoms with Crippen LogP contribution in [0.25, 0.3) is 0 Å². The van der Waals surface area contributed by atoms with Crippen LogP contribution in [0.15, 0.2) is 0 Å². The third kappa shape index (κ3) is 7.02. The molecule has 1 aliphatic heterocycles. The lowest BCUT2D eigenvalue weighted by Gasteiger charge is -2.12. The SMILES string of the molecule is COC(OC)[SiH2]CCCCOCC1CO1. The summed E-state index contributed by atoms with van der Waals surface area (Å²) in [5, 5.41) is 0. The number of unbranched alkanes of at least 4 members (excludes halogenated alkanes) is 1. The van der Waals surface area contributed by atoms with Crippen LogP contribution in [0.4, 0.5) is 0 Å². The highest BCUT2D eigenvalue weighted by Crippen LogP contribution is 2.09. The molecule has 0 saturated carbocycles. The second-order valence-electron chi connectivity index (χ2n) is 3.78. The van der Waals surface area contributed by atoms with Crippen molar-refractivity contribution in [1.29, 1.82) is 0 Å². The van der Waals surface area contributed by atoms with Gasteiger partial charge in [0.15, 0.2) is 0 Å². The van der Waals surface area contributed by atoms with Gasteiger partial charge >= 0.3 is 0 Å². The number of rotatable bonds is 10. The predicted molar refractivity (Wildman–Crippen MR) is 61.0 cm³/mol. The molecule has 1 aliphatic rings. The quantitative estimate of drug-likeness (QED) is 0.237. The van der Waals surface area contributed by atoms with E-state index >= 15 is 0 Å². The zero-order valence-electron chi connectivity index (χ0n) is 9.74. The molecule has 1 rings (SSSR count). The Balaban J connectivity index is 1.75. The van der Waals surface area contributed by atoms with E-state index in [2.05, 4.69) is 0 Å². The van der Waals surface area contributed by atoms with Crippen LogP contribution in [0.1, 0.15) is 12.8 Å². The Bertz CT molecular complexity index is 148. The van der Waals surface area contributed by atoms with Gasteiger partial charge in [-0.1, -0.05) is 12.5 Å². The standard InChI is InChI=1S/C10H22O4Si/c1-11-10(12-2)15-6-4-3-5-13-7-9-8-14-9/h9-10H,3-8,15H2,1-2H3. The molecule has 0 bridgehead atoms. The van der Waals surface area contributed by atoms with Gasteiger partial charge in [-0.3, -0.25) is 0 Å². The first-order valence-corrected chi connectivity index (χ1v) is 7.43. The van der Waals surface area contributed by atoms with Gasteiger partial charge in [0.1, 0.15) is 12.0 Å². The zero-order chi connectivity index (χ0) is 10.9. The Morgan fingerprint density at radius 2 is 2.07 bits per heavy atom. The Morgan fingerprint density at radius 3 is 2.67 bits per heavy atom. The summed E-state index contributed by atoms with van der Waals surface area (Å²) in [7, 11) is 3.18. The fraction of sp³-hybridized carbons (Fsp3) is 1.00. The fourth-order valence-electron chi connectivity index (χ4n) is 1.40. The van der Waals surface area contributed by atoms with Gasteiger partial charge in [0.2, 0.25) is 0 Å². The molecule has 0 aromatic rings. The third-order valence-electron chi connectivity index (χ3n) is 2.46. The molecule has 5 heteroatoms. The zero-order valence-corrected chi connectivity index (χ0v) is 11.2. The van der Waals surface area contributed by atoms with Crippen LogP contribution in [-0.2, 0) is 18.9 Å². The minimum absolute atomic E-state index is 0.0887. The molecule has 90 valence electrons. The first kappa shape index (κ1) is 13.1. The molecule has 1 atom stereocenters. The van der Waals surface area contributed by atoms with Crippen LogP contribution in [0.2, 0.25) is 6.04 Å². The van der Waals surface area contributed by atoms with E-state index in [-0.39, 0.29) is 15.4 Å². The Hall–Kier alpha value is 0.0569. The van der Waals surface area contributed by atoms with E-state index < -0.39 is 0 Å². The fourth-order valence-corrected chi connectivity index (χ4v) is 2.85. The molecule has 1 fully saturated rings. The minimum Gasteiger partial charge on any atom is -0.379 e. The topological polar surface area (TPSA) is 40.2 Å². The normalized spacial score (nSPS) is 20.6. The maximum atomic E-state index is 5.45. The number of methoxy groups -OCH3 is 2. The monoisotopic (exact) mass is 234 g/mol. The molecule has 0 amide bonds. The van der Waals surface area contributed by atoms with Gasteiger partial charge in [-0.25, -0.2) is 0 Å². The summed E-state index contributed by atoms with van der Waals surface area (Å²) in [6.45, 7) is 2.52. The molecule has 0 N–H and O–H groups in total. The third-order valence-corrected chi connectivity index (χ3v) is 4.51. The lowest BCUT2D eigenvalue weighted by molar-refractivity contribution is -0.0441.